The molecule has 2 amide bonds. The number of carbonyl (C=O) groups excluding carboxylic acids is 1. The molecule has 20 heavy (non-hydrogen) atoms. The van der Waals surface area contributed by atoms with Crippen molar-refractivity contribution in [2.45, 2.75) is 44.4 Å². The Kier molecular flexibility index (Phi) is 4.97. The summed E-state index contributed by atoms with van der Waals surface area (Å²) in [6, 6.07) is 9.15. The summed E-state index contributed by atoms with van der Waals surface area (Å²) < 4.78 is 0. The molecule has 3 N–H and O–H groups in total. The number of carbonyl (C=O) groups is 1. The summed E-state index contributed by atoms with van der Waals surface area (Å²) in [6.07, 6.45) is 2.94. The van der Waals surface area contributed by atoms with Crippen LogP contribution in [0.3, 0.4) is 0 Å². The van der Waals surface area contributed by atoms with Crippen LogP contribution in [-0.2, 0) is 6.54 Å². The fourth-order valence-corrected chi connectivity index (χ4v) is 2.34. The Balaban J connectivity index is 1.73. The van der Waals surface area contributed by atoms with Gasteiger partial charge in [-0.05, 0) is 43.4 Å². The molecule has 1 aromatic rings. The van der Waals surface area contributed by atoms with Gasteiger partial charge in [-0.2, -0.15) is 5.26 Å². The van der Waals surface area contributed by atoms with Gasteiger partial charge >= 0.3 is 6.03 Å². The van der Waals surface area contributed by atoms with Gasteiger partial charge in [0.25, 0.3) is 0 Å². The molecule has 5 nitrogen and oxygen atoms in total. The molecular weight excluding hydrogens is 254 g/mol. The number of hydrogen-bond acceptors (Lipinski definition) is 3. The second-order valence-electron chi connectivity index (χ2n) is 5.14. The van der Waals surface area contributed by atoms with E-state index >= 15 is 0 Å². The van der Waals surface area contributed by atoms with Crippen LogP contribution in [0.4, 0.5) is 4.79 Å². The molecule has 0 saturated heterocycles. The maximum atomic E-state index is 11.8. The van der Waals surface area contributed by atoms with Gasteiger partial charge in [0.15, 0.2) is 0 Å². The van der Waals surface area contributed by atoms with Crippen LogP contribution in [0.25, 0.3) is 0 Å². The van der Waals surface area contributed by atoms with E-state index in [0.717, 1.165) is 31.2 Å². The zero-order chi connectivity index (χ0) is 14.4. The molecule has 0 radical (unpaired) electrons. The largest absolute Gasteiger partial charge is 0.393 e. The van der Waals surface area contributed by atoms with Gasteiger partial charge in [0, 0.05) is 12.6 Å². The van der Waals surface area contributed by atoms with Crippen LogP contribution in [0.5, 0.6) is 0 Å². The number of aliphatic hydroxyl groups excluding tert-OH is 1. The summed E-state index contributed by atoms with van der Waals surface area (Å²) in [4.78, 5) is 11.8. The lowest BCUT2D eigenvalue weighted by molar-refractivity contribution is 0.117. The van der Waals surface area contributed by atoms with Crippen LogP contribution in [-0.4, -0.2) is 23.3 Å². The fourth-order valence-electron chi connectivity index (χ4n) is 2.34. The Morgan fingerprint density at radius 1 is 1.25 bits per heavy atom. The van der Waals surface area contributed by atoms with Crippen molar-refractivity contribution in [1.82, 2.24) is 10.6 Å². The van der Waals surface area contributed by atoms with Gasteiger partial charge in [-0.25, -0.2) is 4.79 Å². The van der Waals surface area contributed by atoms with Crippen molar-refractivity contribution in [1.29, 1.82) is 5.26 Å². The molecule has 0 aromatic heterocycles. The number of urea groups is 1. The van der Waals surface area contributed by atoms with Crippen molar-refractivity contribution in [3.05, 3.63) is 35.4 Å². The molecule has 1 saturated carbocycles. The maximum absolute atomic E-state index is 11.8. The Labute approximate surface area is 118 Å². The zero-order valence-electron chi connectivity index (χ0n) is 11.3. The lowest BCUT2D eigenvalue weighted by Crippen LogP contribution is -2.43. The highest BCUT2D eigenvalue weighted by molar-refractivity contribution is 5.74. The summed E-state index contributed by atoms with van der Waals surface area (Å²) in [5, 5.41) is 23.8. The van der Waals surface area contributed by atoms with Gasteiger partial charge in [-0.15, -0.1) is 0 Å². The predicted octanol–water partition coefficient (Wildman–Crippen LogP) is 1.66. The number of nitrogens with one attached hydrogen (secondary N) is 2. The topological polar surface area (TPSA) is 85.2 Å². The summed E-state index contributed by atoms with van der Waals surface area (Å²) in [5.74, 6) is 0. The molecule has 2 rings (SSSR count). The minimum atomic E-state index is -0.213. The Hall–Kier alpha value is -2.06. The first-order chi connectivity index (χ1) is 9.67. The smallest absolute Gasteiger partial charge is 0.315 e. The van der Waals surface area contributed by atoms with Gasteiger partial charge in [0.1, 0.15) is 0 Å². The quantitative estimate of drug-likeness (QED) is 0.783. The number of nitrogens with zero attached hydrogens (tertiary/aromatic N) is 1. The van der Waals surface area contributed by atoms with E-state index < -0.39 is 0 Å². The second kappa shape index (κ2) is 6.92. The number of amides is 2. The van der Waals surface area contributed by atoms with Gasteiger partial charge in [-0.3, -0.25) is 0 Å². The third-order valence-corrected chi connectivity index (χ3v) is 3.57. The van der Waals surface area contributed by atoms with Crippen LogP contribution in [0.1, 0.15) is 36.8 Å². The number of benzene rings is 1. The molecular formula is C15H19N3O2. The number of hydrogen-bond donors (Lipinski definition) is 3. The van der Waals surface area contributed by atoms with E-state index in [1.165, 1.54) is 0 Å². The van der Waals surface area contributed by atoms with E-state index in [9.17, 15) is 9.90 Å². The average molecular weight is 273 g/mol. The molecule has 0 unspecified atom stereocenters. The maximum Gasteiger partial charge on any atom is 0.315 e. The van der Waals surface area contributed by atoms with Gasteiger partial charge in [-0.1, -0.05) is 12.1 Å². The van der Waals surface area contributed by atoms with E-state index in [2.05, 4.69) is 16.7 Å². The van der Waals surface area contributed by atoms with Gasteiger partial charge < -0.3 is 15.7 Å². The normalized spacial score (nSPS) is 21.8. The van der Waals surface area contributed by atoms with E-state index in [4.69, 9.17) is 5.26 Å². The average Bonchev–Trinajstić information content (AvgIpc) is 2.48. The van der Waals surface area contributed by atoms with Gasteiger partial charge in [0.05, 0.1) is 17.7 Å². The molecule has 5 heteroatoms. The van der Waals surface area contributed by atoms with E-state index in [-0.39, 0.29) is 18.2 Å². The zero-order valence-corrected chi connectivity index (χ0v) is 11.3. The lowest BCUT2D eigenvalue weighted by atomic mass is 9.93. The highest BCUT2D eigenvalue weighted by Crippen LogP contribution is 2.18. The van der Waals surface area contributed by atoms with Crippen LogP contribution in [0.2, 0.25) is 0 Å². The first kappa shape index (κ1) is 14.4. The van der Waals surface area contributed by atoms with Crippen molar-refractivity contribution < 1.29 is 9.90 Å². The standard InChI is InChI=1S/C15H19N3O2/c16-9-11-1-3-12(4-2-11)10-17-15(20)18-13-5-7-14(19)8-6-13/h1-4,13-14,19H,5-8,10H2,(H2,17,18,20). The van der Waals surface area contributed by atoms with E-state index in [1.54, 1.807) is 12.1 Å². The summed E-state index contributed by atoms with van der Waals surface area (Å²) in [7, 11) is 0. The molecule has 0 spiro atoms. The van der Waals surface area contributed by atoms with Gasteiger partial charge in [0.2, 0.25) is 0 Å². The predicted molar refractivity (Wildman–Crippen MR) is 74.8 cm³/mol. The number of rotatable bonds is 3. The van der Waals surface area contributed by atoms with Crippen LogP contribution in [0.15, 0.2) is 24.3 Å². The van der Waals surface area contributed by atoms with Crippen molar-refractivity contribution in [3.63, 3.8) is 0 Å². The SMILES string of the molecule is N#Cc1ccc(CNC(=O)NC2CCC(O)CC2)cc1. The summed E-state index contributed by atoms with van der Waals surface area (Å²) >= 11 is 0. The fraction of sp³-hybridized carbons (Fsp3) is 0.467. The molecule has 106 valence electrons. The molecule has 0 atom stereocenters. The molecule has 1 aromatic carbocycles. The summed E-state index contributed by atoms with van der Waals surface area (Å²) in [6.45, 7) is 0.437. The van der Waals surface area contributed by atoms with Crippen LogP contribution in [0, 0.1) is 11.3 Å². The monoisotopic (exact) mass is 273 g/mol. The van der Waals surface area contributed by atoms with Crippen molar-refractivity contribution in [2.24, 2.45) is 0 Å². The third-order valence-electron chi connectivity index (χ3n) is 3.57. The number of aliphatic hydroxyl groups is 1. The van der Waals surface area contributed by atoms with E-state index in [0.29, 0.717) is 12.1 Å². The molecule has 1 fully saturated rings. The Morgan fingerprint density at radius 2 is 1.90 bits per heavy atom. The van der Waals surface area contributed by atoms with Crippen molar-refractivity contribution >= 4 is 6.03 Å². The highest BCUT2D eigenvalue weighted by Gasteiger charge is 2.20. The molecule has 1 aliphatic carbocycles. The van der Waals surface area contributed by atoms with Crippen LogP contribution < -0.4 is 10.6 Å². The van der Waals surface area contributed by atoms with E-state index in [1.807, 2.05) is 12.1 Å². The number of nitriles is 1. The minimum Gasteiger partial charge on any atom is -0.393 e. The molecule has 0 heterocycles. The minimum absolute atomic E-state index is 0.152. The van der Waals surface area contributed by atoms with Crippen molar-refractivity contribution in [2.75, 3.05) is 0 Å². The summed E-state index contributed by atoms with van der Waals surface area (Å²) in [5.41, 5.74) is 1.57. The Bertz CT molecular complexity index is 485. The Morgan fingerprint density at radius 3 is 2.50 bits per heavy atom. The van der Waals surface area contributed by atoms with Crippen molar-refractivity contribution in [3.8, 4) is 6.07 Å². The molecule has 0 aliphatic heterocycles. The second-order valence-corrected chi connectivity index (χ2v) is 5.14. The first-order valence-corrected chi connectivity index (χ1v) is 6.89. The third kappa shape index (κ3) is 4.25. The van der Waals surface area contributed by atoms with Crippen LogP contribution >= 0.6 is 0 Å². The first-order valence-electron chi connectivity index (χ1n) is 6.89. The molecule has 0 bridgehead atoms. The highest BCUT2D eigenvalue weighted by atomic mass is 16.3. The lowest BCUT2D eigenvalue weighted by Gasteiger charge is -2.26. The molecule has 1 aliphatic rings.